The molecule has 1 saturated heterocycles. The van der Waals surface area contributed by atoms with E-state index < -0.39 is 10.0 Å². The van der Waals surface area contributed by atoms with Gasteiger partial charge in [0, 0.05) is 39.1 Å². The van der Waals surface area contributed by atoms with Gasteiger partial charge in [-0.25, -0.2) is 8.42 Å². The monoisotopic (exact) mass is 485 g/mol. The van der Waals surface area contributed by atoms with Crippen molar-refractivity contribution in [1.82, 2.24) is 9.21 Å². The van der Waals surface area contributed by atoms with E-state index in [0.29, 0.717) is 42.9 Å². The molecule has 0 saturated carbocycles. The number of nitrogens with zero attached hydrogens (tertiary/aromatic N) is 3. The number of hydrogen-bond donors (Lipinski definition) is 0. The highest BCUT2D eigenvalue weighted by Gasteiger charge is 2.36. The first-order chi connectivity index (χ1) is 16.3. The molecule has 0 radical (unpaired) electrons. The zero-order chi connectivity index (χ0) is 24.0. The van der Waals surface area contributed by atoms with E-state index >= 15 is 0 Å². The Bertz CT molecular complexity index is 1250. The predicted molar refractivity (Wildman–Crippen MR) is 125 cm³/mol. The number of carbonyl (C=O) groups is 2. The third kappa shape index (κ3) is 3.61. The van der Waals surface area contributed by atoms with Crippen molar-refractivity contribution in [2.75, 3.05) is 51.8 Å². The summed E-state index contributed by atoms with van der Waals surface area (Å²) in [5.41, 5.74) is 3.07. The lowest BCUT2D eigenvalue weighted by atomic mass is 10.00. The minimum Gasteiger partial charge on any atom is -0.496 e. The molecule has 0 aliphatic carbocycles. The maximum absolute atomic E-state index is 13.5. The fourth-order valence-corrected chi connectivity index (χ4v) is 6.60. The van der Waals surface area contributed by atoms with Gasteiger partial charge in [0.1, 0.15) is 17.1 Å². The van der Waals surface area contributed by atoms with Crippen molar-refractivity contribution in [3.8, 4) is 11.5 Å². The van der Waals surface area contributed by atoms with Gasteiger partial charge in [0.15, 0.2) is 0 Å². The van der Waals surface area contributed by atoms with E-state index in [-0.39, 0.29) is 42.9 Å². The van der Waals surface area contributed by atoms with E-state index in [0.717, 1.165) is 16.8 Å². The van der Waals surface area contributed by atoms with Gasteiger partial charge in [0.2, 0.25) is 15.9 Å². The van der Waals surface area contributed by atoms with Gasteiger partial charge in [-0.2, -0.15) is 4.31 Å². The third-order valence-corrected chi connectivity index (χ3v) is 8.71. The molecular formula is C24H27N3O6S. The summed E-state index contributed by atoms with van der Waals surface area (Å²) in [6, 6.07) is 8.58. The molecule has 9 nitrogen and oxygen atoms in total. The average Bonchev–Trinajstić information content (AvgIpc) is 3.30. The van der Waals surface area contributed by atoms with Crippen molar-refractivity contribution in [3.63, 3.8) is 0 Å². The lowest BCUT2D eigenvalue weighted by Gasteiger charge is -2.34. The Balaban J connectivity index is 1.35. The van der Waals surface area contributed by atoms with Crippen molar-refractivity contribution in [2.45, 2.75) is 24.2 Å². The summed E-state index contributed by atoms with van der Waals surface area (Å²) in [6.07, 6.45) is 1.63. The summed E-state index contributed by atoms with van der Waals surface area (Å²) in [5.74, 6) is 0.686. The zero-order valence-corrected chi connectivity index (χ0v) is 20.1. The third-order valence-electron chi connectivity index (χ3n) is 6.83. The zero-order valence-electron chi connectivity index (χ0n) is 19.2. The Morgan fingerprint density at radius 1 is 0.882 bits per heavy atom. The van der Waals surface area contributed by atoms with Crippen LogP contribution in [-0.2, 0) is 27.7 Å². The SMILES string of the molecule is COc1cccc(OC)c1C(=O)N1CCN(S(=O)(=O)c2cc3c4c(c2)CCN4C(=O)CC3)CC1. The van der Waals surface area contributed by atoms with Crippen LogP contribution in [0.25, 0.3) is 0 Å². The number of rotatable bonds is 5. The van der Waals surface area contributed by atoms with Gasteiger partial charge in [-0.05, 0) is 48.2 Å². The second-order valence-corrected chi connectivity index (χ2v) is 10.6. The van der Waals surface area contributed by atoms with E-state index in [2.05, 4.69) is 0 Å². The van der Waals surface area contributed by atoms with Crippen LogP contribution in [0.1, 0.15) is 27.9 Å². The molecule has 180 valence electrons. The highest BCUT2D eigenvalue weighted by Crippen LogP contribution is 2.39. The lowest BCUT2D eigenvalue weighted by molar-refractivity contribution is -0.118. The summed E-state index contributed by atoms with van der Waals surface area (Å²) in [7, 11) is -0.730. The van der Waals surface area contributed by atoms with E-state index in [1.807, 2.05) is 0 Å². The molecule has 3 aliphatic heterocycles. The second-order valence-electron chi connectivity index (χ2n) is 8.62. The number of aryl methyl sites for hydroxylation is 1. The van der Waals surface area contributed by atoms with E-state index in [9.17, 15) is 18.0 Å². The Hall–Kier alpha value is -3.11. The van der Waals surface area contributed by atoms with Crippen LogP contribution in [0.3, 0.4) is 0 Å². The number of ether oxygens (including phenoxy) is 2. The van der Waals surface area contributed by atoms with Crippen molar-refractivity contribution in [3.05, 3.63) is 47.0 Å². The highest BCUT2D eigenvalue weighted by atomic mass is 32.2. The number of piperazine rings is 1. The first kappa shape index (κ1) is 22.7. The van der Waals surface area contributed by atoms with Crippen LogP contribution in [0.2, 0.25) is 0 Å². The van der Waals surface area contributed by atoms with Crippen LogP contribution in [0, 0.1) is 0 Å². The molecule has 0 bridgehead atoms. The van der Waals surface area contributed by atoms with Gasteiger partial charge in [0.25, 0.3) is 5.91 Å². The molecule has 0 spiro atoms. The van der Waals surface area contributed by atoms with Crippen molar-refractivity contribution in [1.29, 1.82) is 0 Å². The molecule has 5 rings (SSSR count). The van der Waals surface area contributed by atoms with Gasteiger partial charge in [-0.3, -0.25) is 9.59 Å². The number of hydrogen-bond acceptors (Lipinski definition) is 6. The smallest absolute Gasteiger partial charge is 0.261 e. The minimum atomic E-state index is -3.72. The molecule has 34 heavy (non-hydrogen) atoms. The number of amides is 2. The van der Waals surface area contributed by atoms with Crippen LogP contribution in [0.5, 0.6) is 11.5 Å². The van der Waals surface area contributed by atoms with Crippen LogP contribution in [-0.4, -0.2) is 76.4 Å². The normalized spacial score (nSPS) is 18.1. The maximum Gasteiger partial charge on any atom is 0.261 e. The molecule has 1 fully saturated rings. The number of methoxy groups -OCH3 is 2. The first-order valence-electron chi connectivity index (χ1n) is 11.3. The van der Waals surface area contributed by atoms with Gasteiger partial charge in [-0.1, -0.05) is 6.07 Å². The topological polar surface area (TPSA) is 96.5 Å². The Kier molecular flexibility index (Phi) is 5.73. The lowest BCUT2D eigenvalue weighted by Crippen LogP contribution is -2.50. The number of carbonyl (C=O) groups excluding carboxylic acids is 2. The van der Waals surface area contributed by atoms with Gasteiger partial charge < -0.3 is 19.3 Å². The van der Waals surface area contributed by atoms with Crippen molar-refractivity contribution < 1.29 is 27.5 Å². The van der Waals surface area contributed by atoms with E-state index in [1.165, 1.54) is 18.5 Å². The summed E-state index contributed by atoms with van der Waals surface area (Å²) >= 11 is 0. The molecule has 0 unspecified atom stereocenters. The molecule has 0 aromatic heterocycles. The fourth-order valence-electron chi connectivity index (χ4n) is 5.08. The molecular weight excluding hydrogens is 458 g/mol. The molecule has 0 N–H and O–H groups in total. The summed E-state index contributed by atoms with van der Waals surface area (Å²) < 4.78 is 39.1. The Morgan fingerprint density at radius 2 is 1.50 bits per heavy atom. The molecule has 3 heterocycles. The van der Waals surface area contributed by atoms with Gasteiger partial charge in [0.05, 0.1) is 24.8 Å². The highest BCUT2D eigenvalue weighted by molar-refractivity contribution is 7.89. The summed E-state index contributed by atoms with van der Waals surface area (Å²) in [5, 5.41) is 0. The van der Waals surface area contributed by atoms with Crippen LogP contribution < -0.4 is 14.4 Å². The number of anilines is 1. The quantitative estimate of drug-likeness (QED) is 0.640. The molecule has 2 aromatic rings. The van der Waals surface area contributed by atoms with Crippen molar-refractivity contribution >= 4 is 27.5 Å². The van der Waals surface area contributed by atoms with Crippen LogP contribution in [0.15, 0.2) is 35.2 Å². The largest absolute Gasteiger partial charge is 0.496 e. The van der Waals surface area contributed by atoms with Gasteiger partial charge in [-0.15, -0.1) is 0 Å². The molecule has 0 atom stereocenters. The van der Waals surface area contributed by atoms with Crippen molar-refractivity contribution in [2.24, 2.45) is 0 Å². The second kappa shape index (κ2) is 8.59. The molecule has 2 aromatic carbocycles. The maximum atomic E-state index is 13.5. The first-order valence-corrected chi connectivity index (χ1v) is 12.8. The molecule has 2 amide bonds. The predicted octanol–water partition coefficient (Wildman–Crippen LogP) is 1.69. The van der Waals surface area contributed by atoms with E-state index in [4.69, 9.17) is 9.47 Å². The average molecular weight is 486 g/mol. The van der Waals surface area contributed by atoms with Crippen LogP contribution >= 0.6 is 0 Å². The fraction of sp³-hybridized carbons (Fsp3) is 0.417. The molecule has 10 heteroatoms. The summed E-state index contributed by atoms with van der Waals surface area (Å²) in [4.78, 5) is 29.1. The Morgan fingerprint density at radius 3 is 2.12 bits per heavy atom. The molecule has 3 aliphatic rings. The van der Waals surface area contributed by atoms with E-state index in [1.54, 1.807) is 40.1 Å². The Labute approximate surface area is 198 Å². The standard InChI is InChI=1S/C24H27N3O6S/c1-32-19-4-3-5-20(33-2)22(19)24(29)25-10-12-26(13-11-25)34(30,31)18-14-16-6-7-21(28)27-9-8-17(15-18)23(16)27/h3-5,14-15H,6-13H2,1-2H3. The minimum absolute atomic E-state index is 0.106. The summed E-state index contributed by atoms with van der Waals surface area (Å²) in [6.45, 7) is 1.53. The number of benzene rings is 2. The van der Waals surface area contributed by atoms with Crippen LogP contribution in [0.4, 0.5) is 5.69 Å². The van der Waals surface area contributed by atoms with Gasteiger partial charge >= 0.3 is 0 Å². The number of sulfonamides is 1.